The van der Waals surface area contributed by atoms with E-state index in [4.69, 9.17) is 32.8 Å². The van der Waals surface area contributed by atoms with Gasteiger partial charge in [-0.15, -0.1) is 0 Å². The zero-order valence-corrected chi connectivity index (χ0v) is 21.3. The lowest BCUT2D eigenvalue weighted by atomic mass is 9.93. The molecule has 4 rings (SSSR count). The Morgan fingerprint density at radius 1 is 1.26 bits per heavy atom. The number of rotatable bonds is 6. The molecule has 35 heavy (non-hydrogen) atoms. The third-order valence-electron chi connectivity index (χ3n) is 5.61. The summed E-state index contributed by atoms with van der Waals surface area (Å²) in [6, 6.07) is 4.90. The zero-order chi connectivity index (χ0) is 25.4. The largest absolute Gasteiger partial charge is 0.490 e. The summed E-state index contributed by atoms with van der Waals surface area (Å²) in [6.45, 7) is 7.57. The Morgan fingerprint density at radius 2 is 2.00 bits per heavy atom. The molecular formula is C24H25ClFN7OS. The Hall–Kier alpha value is -3.37. The van der Waals surface area contributed by atoms with Gasteiger partial charge in [0.1, 0.15) is 28.6 Å². The molecule has 0 aliphatic heterocycles. The van der Waals surface area contributed by atoms with Crippen LogP contribution in [0.4, 0.5) is 10.2 Å². The third-order valence-corrected chi connectivity index (χ3v) is 6.11. The van der Waals surface area contributed by atoms with Crippen molar-refractivity contribution in [1.29, 1.82) is 0 Å². The number of thiol groups is 1. The number of nitrogens with zero attached hydrogens (tertiary/aromatic N) is 5. The van der Waals surface area contributed by atoms with Crippen molar-refractivity contribution in [3.63, 3.8) is 0 Å². The van der Waals surface area contributed by atoms with Gasteiger partial charge in [0.25, 0.3) is 0 Å². The number of imidazole rings is 1. The van der Waals surface area contributed by atoms with Crippen LogP contribution < -0.4 is 16.2 Å². The minimum Gasteiger partial charge on any atom is -0.490 e. The summed E-state index contributed by atoms with van der Waals surface area (Å²) >= 11 is 10.2. The number of anilines is 1. The van der Waals surface area contributed by atoms with Crippen LogP contribution in [0.2, 0.25) is 5.02 Å². The van der Waals surface area contributed by atoms with E-state index in [1.54, 1.807) is 30.6 Å². The normalized spacial score (nSPS) is 13.0. The van der Waals surface area contributed by atoms with Gasteiger partial charge in [0.05, 0.1) is 22.4 Å². The number of hydrogen-bond donors (Lipinski definition) is 3. The van der Waals surface area contributed by atoms with Gasteiger partial charge in [0.2, 0.25) is 0 Å². The first-order valence-corrected chi connectivity index (χ1v) is 11.6. The van der Waals surface area contributed by atoms with Crippen molar-refractivity contribution in [1.82, 2.24) is 19.4 Å². The average molecular weight is 514 g/mol. The molecule has 0 amide bonds. The van der Waals surface area contributed by atoms with Gasteiger partial charge < -0.3 is 16.2 Å². The number of aromatic nitrogens is 4. The van der Waals surface area contributed by atoms with Crippen LogP contribution in [0, 0.1) is 12.7 Å². The number of ether oxygens (including phenoxy) is 1. The van der Waals surface area contributed by atoms with E-state index in [0.29, 0.717) is 34.2 Å². The maximum atomic E-state index is 15.5. The molecule has 11 heteroatoms. The van der Waals surface area contributed by atoms with E-state index in [-0.39, 0.29) is 28.4 Å². The molecule has 1 atom stereocenters. The maximum Gasteiger partial charge on any atom is 0.157 e. The van der Waals surface area contributed by atoms with Crippen molar-refractivity contribution in [2.45, 2.75) is 39.7 Å². The summed E-state index contributed by atoms with van der Waals surface area (Å²) in [6.07, 6.45) is 4.67. The van der Waals surface area contributed by atoms with Crippen LogP contribution >= 0.6 is 24.4 Å². The molecule has 0 saturated carbocycles. The van der Waals surface area contributed by atoms with Crippen molar-refractivity contribution in [3.8, 4) is 16.9 Å². The highest BCUT2D eigenvalue weighted by atomic mass is 35.5. The van der Waals surface area contributed by atoms with Crippen LogP contribution in [0.5, 0.6) is 5.75 Å². The van der Waals surface area contributed by atoms with E-state index in [1.165, 1.54) is 6.20 Å². The molecule has 3 heterocycles. The van der Waals surface area contributed by atoms with Gasteiger partial charge in [0.15, 0.2) is 11.7 Å². The quantitative estimate of drug-likeness (QED) is 0.190. The van der Waals surface area contributed by atoms with E-state index in [1.807, 2.05) is 32.1 Å². The minimum absolute atomic E-state index is 0.0442. The fraction of sp³-hybridized carbons (Fsp3) is 0.250. The first-order chi connectivity index (χ1) is 16.6. The highest BCUT2D eigenvalue weighted by Gasteiger charge is 2.28. The summed E-state index contributed by atoms with van der Waals surface area (Å²) < 4.78 is 27.2. The van der Waals surface area contributed by atoms with Crippen LogP contribution in [0.25, 0.3) is 16.6 Å². The molecule has 4 aromatic rings. The first-order valence-electron chi connectivity index (χ1n) is 10.9. The number of aryl methyl sites for hydroxylation is 1. The standard InChI is InChI=1S/C24H25ClFN7OS/c1-11(2)34-21-15(12(3)24-31-13(4)20-23(28)29-7-8-33(20)24)9-16(25)19(26)18(21)14-5-6-17(30-10-14)22(27)32-35/h5-12,35H,1-4H3,(H2,27,32)(H2,28,29)/t12-/m0/s1. The predicted octanol–water partition coefficient (Wildman–Crippen LogP) is 4.96. The summed E-state index contributed by atoms with van der Waals surface area (Å²) in [4.78, 5) is 13.2. The molecule has 0 fully saturated rings. The summed E-state index contributed by atoms with van der Waals surface area (Å²) in [5.41, 5.74) is 15.1. The lowest BCUT2D eigenvalue weighted by molar-refractivity contribution is 0.239. The number of pyridine rings is 1. The summed E-state index contributed by atoms with van der Waals surface area (Å²) in [7, 11) is 0. The van der Waals surface area contributed by atoms with Gasteiger partial charge >= 0.3 is 0 Å². The molecule has 0 aliphatic carbocycles. The van der Waals surface area contributed by atoms with Crippen LogP contribution in [0.1, 0.15) is 49.5 Å². The Balaban J connectivity index is 1.95. The molecule has 4 N–H and O–H groups in total. The number of nitrogen functional groups attached to an aromatic ring is 1. The summed E-state index contributed by atoms with van der Waals surface area (Å²) in [5, 5.41) is -0.0442. The fourth-order valence-electron chi connectivity index (χ4n) is 4.03. The van der Waals surface area contributed by atoms with Crippen LogP contribution in [0.3, 0.4) is 0 Å². The minimum atomic E-state index is -0.610. The number of benzene rings is 1. The molecule has 3 aromatic heterocycles. The second-order valence-electron chi connectivity index (χ2n) is 8.36. The van der Waals surface area contributed by atoms with Crippen LogP contribution in [-0.4, -0.2) is 31.3 Å². The van der Waals surface area contributed by atoms with Gasteiger partial charge in [-0.05, 0) is 45.7 Å². The van der Waals surface area contributed by atoms with E-state index < -0.39 is 5.82 Å². The molecule has 0 bridgehead atoms. The highest BCUT2D eigenvalue weighted by molar-refractivity contribution is 7.79. The zero-order valence-electron chi connectivity index (χ0n) is 19.6. The van der Waals surface area contributed by atoms with Crippen LogP contribution in [0.15, 0.2) is 41.2 Å². The third kappa shape index (κ3) is 4.51. The number of fused-ring (bicyclic) bond motifs is 1. The van der Waals surface area contributed by atoms with Crippen molar-refractivity contribution in [2.75, 3.05) is 5.73 Å². The highest BCUT2D eigenvalue weighted by Crippen LogP contribution is 2.44. The van der Waals surface area contributed by atoms with Gasteiger partial charge in [-0.25, -0.2) is 18.8 Å². The molecule has 0 radical (unpaired) electrons. The number of halogens is 2. The molecule has 0 unspecified atom stereocenters. The van der Waals surface area contributed by atoms with Crippen molar-refractivity contribution in [2.24, 2.45) is 10.1 Å². The van der Waals surface area contributed by atoms with Gasteiger partial charge in [-0.3, -0.25) is 9.38 Å². The van der Waals surface area contributed by atoms with E-state index >= 15 is 4.39 Å². The molecule has 0 aliphatic rings. The van der Waals surface area contributed by atoms with E-state index in [0.717, 1.165) is 11.2 Å². The molecule has 1 aromatic carbocycles. The van der Waals surface area contributed by atoms with Gasteiger partial charge in [-0.2, -0.15) is 0 Å². The average Bonchev–Trinajstić information content (AvgIpc) is 3.18. The summed E-state index contributed by atoms with van der Waals surface area (Å²) in [5.74, 6) is 0.637. The Morgan fingerprint density at radius 3 is 2.63 bits per heavy atom. The van der Waals surface area contributed by atoms with E-state index in [9.17, 15) is 0 Å². The lowest BCUT2D eigenvalue weighted by Gasteiger charge is -2.23. The molecule has 0 saturated heterocycles. The lowest BCUT2D eigenvalue weighted by Crippen LogP contribution is -2.14. The maximum absolute atomic E-state index is 15.5. The fourth-order valence-corrected chi connectivity index (χ4v) is 4.34. The predicted molar refractivity (Wildman–Crippen MR) is 140 cm³/mol. The Bertz CT molecular complexity index is 1440. The second-order valence-corrected chi connectivity index (χ2v) is 8.97. The smallest absolute Gasteiger partial charge is 0.157 e. The van der Waals surface area contributed by atoms with Crippen molar-refractivity contribution in [3.05, 3.63) is 70.4 Å². The van der Waals surface area contributed by atoms with E-state index in [2.05, 4.69) is 27.2 Å². The van der Waals surface area contributed by atoms with Crippen molar-refractivity contribution < 1.29 is 9.13 Å². The Labute approximate surface area is 212 Å². The molecular weight excluding hydrogens is 489 g/mol. The van der Waals surface area contributed by atoms with Gasteiger partial charge in [0, 0.05) is 35.6 Å². The second kappa shape index (κ2) is 9.71. The molecule has 8 nitrogen and oxygen atoms in total. The SMILES string of the molecule is Cc1nc([C@@H](C)c2cc(Cl)c(F)c(-c3ccc(C(N)=NS)nc3)c2OC(C)C)n2ccnc(N)c12. The monoisotopic (exact) mass is 513 g/mol. The van der Waals surface area contributed by atoms with Crippen LogP contribution in [-0.2, 0) is 0 Å². The molecule has 182 valence electrons. The molecule has 0 spiro atoms. The topological polar surface area (TPSA) is 117 Å². The first kappa shape index (κ1) is 24.7. The van der Waals surface area contributed by atoms with Crippen molar-refractivity contribution >= 4 is 41.6 Å². The number of nitrogens with two attached hydrogens (primary N) is 2. The number of hydrogen-bond acceptors (Lipinski definition) is 7. The van der Waals surface area contributed by atoms with Gasteiger partial charge in [-0.1, -0.05) is 24.6 Å². The number of amidine groups is 1. The Kier molecular flexibility index (Phi) is 6.86.